The predicted molar refractivity (Wildman–Crippen MR) is 161 cm³/mol. The zero-order valence-corrected chi connectivity index (χ0v) is 26.0. The third-order valence-electron chi connectivity index (χ3n) is 7.53. The molecule has 0 spiro atoms. The molecule has 244 valence electrons. The lowest BCUT2D eigenvalue weighted by molar-refractivity contribution is -0.274. The summed E-state index contributed by atoms with van der Waals surface area (Å²) in [7, 11) is -4.23. The lowest BCUT2D eigenvalue weighted by Gasteiger charge is -2.27. The number of aryl methyl sites for hydroxylation is 1. The van der Waals surface area contributed by atoms with Gasteiger partial charge in [0.05, 0.1) is 23.9 Å². The molecular weight excluding hydrogens is 627 g/mol. The van der Waals surface area contributed by atoms with Gasteiger partial charge in [-0.25, -0.2) is 8.42 Å². The molecule has 0 saturated carbocycles. The largest absolute Gasteiger partial charge is 0.573 e. The fraction of sp³-hybridized carbons (Fsp3) is 0.344. The molecule has 14 heteroatoms. The number of para-hydroxylation sites is 1. The van der Waals surface area contributed by atoms with Crippen LogP contribution < -0.4 is 14.8 Å². The third kappa shape index (κ3) is 7.15. The predicted octanol–water partition coefficient (Wildman–Crippen LogP) is 4.60. The van der Waals surface area contributed by atoms with Crippen LogP contribution in [-0.4, -0.2) is 50.9 Å². The van der Waals surface area contributed by atoms with Crippen LogP contribution in [0.3, 0.4) is 0 Å². The lowest BCUT2D eigenvalue weighted by Crippen LogP contribution is -2.33. The van der Waals surface area contributed by atoms with Crippen LogP contribution in [-0.2, 0) is 41.3 Å². The van der Waals surface area contributed by atoms with Gasteiger partial charge in [0.2, 0.25) is 15.9 Å². The number of amides is 1. The number of fused-ring (bicyclic) bond motifs is 2. The van der Waals surface area contributed by atoms with Gasteiger partial charge in [-0.2, -0.15) is 0 Å². The van der Waals surface area contributed by atoms with Crippen molar-refractivity contribution in [1.82, 2.24) is 15.0 Å². The van der Waals surface area contributed by atoms with Crippen LogP contribution in [0.2, 0.25) is 0 Å². The molecule has 2 heterocycles. The maximum absolute atomic E-state index is 13.9. The Morgan fingerprint density at radius 1 is 1.00 bits per heavy atom. The van der Waals surface area contributed by atoms with Gasteiger partial charge in [-0.15, -0.1) is 13.2 Å². The van der Waals surface area contributed by atoms with Gasteiger partial charge in [-0.1, -0.05) is 42.5 Å². The van der Waals surface area contributed by atoms with Crippen LogP contribution in [0.1, 0.15) is 59.5 Å². The topological polar surface area (TPSA) is 133 Å². The zero-order valence-electron chi connectivity index (χ0n) is 25.2. The van der Waals surface area contributed by atoms with E-state index in [9.17, 15) is 31.2 Å². The van der Waals surface area contributed by atoms with Gasteiger partial charge < -0.3 is 14.2 Å². The number of rotatable bonds is 11. The Morgan fingerprint density at radius 2 is 1.74 bits per heavy atom. The molecule has 0 bridgehead atoms. The maximum atomic E-state index is 13.9. The SMILES string of the molecule is CCOC1NC(c2ccc(CS(=O)(=O)NC(=O)Cc3ccccc3OC(F)(F)F)cc2C)C2=C1c1ncccc1C(OCC)C2=O. The number of Topliss-reactive ketones (excluding diaryl/α,β-unsaturated/α-hetero) is 1. The molecule has 46 heavy (non-hydrogen) atoms. The van der Waals surface area contributed by atoms with Crippen molar-refractivity contribution in [1.29, 1.82) is 0 Å². The van der Waals surface area contributed by atoms with Gasteiger partial charge in [0.25, 0.3) is 0 Å². The molecule has 5 rings (SSSR count). The highest BCUT2D eigenvalue weighted by Crippen LogP contribution is 2.47. The molecule has 1 aliphatic carbocycles. The average Bonchev–Trinajstić information content (AvgIpc) is 3.34. The van der Waals surface area contributed by atoms with E-state index in [1.54, 1.807) is 44.3 Å². The van der Waals surface area contributed by atoms with Crippen molar-refractivity contribution in [3.8, 4) is 5.75 Å². The summed E-state index contributed by atoms with van der Waals surface area (Å²) in [6, 6.07) is 12.9. The number of nitrogens with one attached hydrogen (secondary N) is 2. The number of carbonyl (C=O) groups excluding carboxylic acids is 2. The Hall–Kier alpha value is -4.11. The molecule has 2 aliphatic rings. The average molecular weight is 660 g/mol. The van der Waals surface area contributed by atoms with E-state index in [4.69, 9.17) is 9.47 Å². The van der Waals surface area contributed by atoms with Gasteiger partial charge in [0.15, 0.2) is 5.78 Å². The van der Waals surface area contributed by atoms with Crippen LogP contribution >= 0.6 is 0 Å². The smallest absolute Gasteiger partial charge is 0.405 e. The van der Waals surface area contributed by atoms with Crippen LogP contribution in [0.25, 0.3) is 5.57 Å². The first-order chi connectivity index (χ1) is 21.8. The number of pyridine rings is 1. The minimum Gasteiger partial charge on any atom is -0.405 e. The van der Waals surface area contributed by atoms with Gasteiger partial charge in [-0.05, 0) is 49.6 Å². The minimum absolute atomic E-state index is 0.127. The van der Waals surface area contributed by atoms with E-state index < -0.39 is 58.6 Å². The van der Waals surface area contributed by atoms with Crippen LogP contribution in [0, 0.1) is 6.92 Å². The van der Waals surface area contributed by atoms with Crippen molar-refractivity contribution in [2.24, 2.45) is 0 Å². The van der Waals surface area contributed by atoms with Crippen LogP contribution in [0.5, 0.6) is 5.75 Å². The van der Waals surface area contributed by atoms with E-state index in [2.05, 4.69) is 15.0 Å². The second kappa shape index (κ2) is 13.3. The number of carbonyl (C=O) groups is 2. The number of hydrogen-bond donors (Lipinski definition) is 2. The van der Waals surface area contributed by atoms with Gasteiger partial charge in [0, 0.05) is 41.7 Å². The molecule has 3 atom stereocenters. The Morgan fingerprint density at radius 3 is 2.43 bits per heavy atom. The zero-order chi connectivity index (χ0) is 33.2. The number of ketones is 1. The standard InChI is InChI=1S/C32H32F3N3O7S/c1-4-43-30-22-10-8-14-36-27(22)26-25(29(30)40)28(37-31(26)44-5-2)21-13-12-19(15-18(21)3)17-46(41,42)38-24(39)16-20-9-6-7-11-23(20)45-32(33,34)35/h6-15,28,30-31,37H,4-5,16-17H2,1-3H3,(H,38,39). The maximum Gasteiger partial charge on any atom is 0.573 e. The lowest BCUT2D eigenvalue weighted by atomic mass is 9.82. The third-order valence-corrected chi connectivity index (χ3v) is 8.78. The van der Waals surface area contributed by atoms with E-state index in [0.717, 1.165) is 6.07 Å². The molecule has 3 unspecified atom stereocenters. The Balaban J connectivity index is 1.37. The van der Waals surface area contributed by atoms with E-state index in [0.29, 0.717) is 52.3 Å². The van der Waals surface area contributed by atoms with Crippen LogP contribution in [0.4, 0.5) is 13.2 Å². The number of ether oxygens (including phenoxy) is 3. The number of alkyl halides is 3. The number of hydrogen-bond acceptors (Lipinski definition) is 9. The molecule has 10 nitrogen and oxygen atoms in total. The van der Waals surface area contributed by atoms with E-state index in [-0.39, 0.29) is 11.3 Å². The Labute approximate surface area is 264 Å². The van der Waals surface area contributed by atoms with Crippen molar-refractivity contribution < 1.29 is 45.4 Å². The molecule has 0 fully saturated rings. The normalized spacial score (nSPS) is 19.5. The molecule has 0 radical (unpaired) electrons. The summed E-state index contributed by atoms with van der Waals surface area (Å²) >= 11 is 0. The molecule has 1 amide bonds. The molecule has 0 saturated heterocycles. The van der Waals surface area contributed by atoms with Crippen molar-refractivity contribution in [2.45, 2.75) is 57.7 Å². The number of aromatic nitrogens is 1. The van der Waals surface area contributed by atoms with E-state index in [1.807, 2.05) is 17.7 Å². The number of sulfonamides is 1. The van der Waals surface area contributed by atoms with Gasteiger partial charge in [-0.3, -0.25) is 24.6 Å². The minimum atomic E-state index is -4.98. The molecule has 1 aliphatic heterocycles. The highest BCUT2D eigenvalue weighted by atomic mass is 32.2. The summed E-state index contributed by atoms with van der Waals surface area (Å²) in [4.78, 5) is 31.0. The summed E-state index contributed by atoms with van der Waals surface area (Å²) < 4.78 is 81.7. The number of halogens is 3. The van der Waals surface area contributed by atoms with Crippen molar-refractivity contribution in [3.05, 3.63) is 99.9 Å². The Bertz CT molecular complexity index is 1790. The first-order valence-corrected chi connectivity index (χ1v) is 16.2. The van der Waals surface area contributed by atoms with Gasteiger partial charge in [0.1, 0.15) is 18.1 Å². The summed E-state index contributed by atoms with van der Waals surface area (Å²) in [5, 5.41) is 3.39. The van der Waals surface area contributed by atoms with Crippen molar-refractivity contribution in [2.75, 3.05) is 13.2 Å². The molecular formula is C32H32F3N3O7S. The summed E-state index contributed by atoms with van der Waals surface area (Å²) in [5.74, 6) is -2.40. The fourth-order valence-corrected chi connectivity index (χ4v) is 6.93. The fourth-order valence-electron chi connectivity index (χ4n) is 5.82. The quantitative estimate of drug-likeness (QED) is 0.303. The number of nitrogens with zero attached hydrogens (tertiary/aromatic N) is 1. The van der Waals surface area contributed by atoms with E-state index in [1.165, 1.54) is 18.2 Å². The van der Waals surface area contributed by atoms with Crippen molar-refractivity contribution >= 4 is 27.3 Å². The molecule has 3 aromatic rings. The first-order valence-electron chi connectivity index (χ1n) is 14.5. The summed E-state index contributed by atoms with van der Waals surface area (Å²) in [6.07, 6.45) is -5.43. The number of benzene rings is 2. The second-order valence-electron chi connectivity index (χ2n) is 10.7. The summed E-state index contributed by atoms with van der Waals surface area (Å²) in [6.45, 7) is 6.11. The molecule has 2 N–H and O–H groups in total. The first kappa shape index (κ1) is 33.3. The highest BCUT2D eigenvalue weighted by Gasteiger charge is 2.47. The molecule has 2 aromatic carbocycles. The monoisotopic (exact) mass is 659 g/mol. The summed E-state index contributed by atoms with van der Waals surface area (Å²) in [5.41, 5.74) is 4.00. The highest BCUT2D eigenvalue weighted by molar-refractivity contribution is 7.89. The van der Waals surface area contributed by atoms with E-state index >= 15 is 0 Å². The second-order valence-corrected chi connectivity index (χ2v) is 12.4. The Kier molecular flexibility index (Phi) is 9.63. The van der Waals surface area contributed by atoms with Crippen molar-refractivity contribution in [3.63, 3.8) is 0 Å². The van der Waals surface area contributed by atoms with Gasteiger partial charge >= 0.3 is 6.36 Å². The van der Waals surface area contributed by atoms with Crippen LogP contribution in [0.15, 0.2) is 66.4 Å². The molecule has 1 aromatic heterocycles.